The van der Waals surface area contributed by atoms with Crippen molar-refractivity contribution in [3.05, 3.63) is 35.4 Å². The standard InChI is InChI=1S/C17H26/c1-3-5-8-13-17(12-4-2)14-11-15-9-6-7-10-16(15)17/h6-7,9-10H,3-5,8,11-14H2,1-2H3. The van der Waals surface area contributed by atoms with E-state index in [2.05, 4.69) is 38.1 Å². The fraction of sp³-hybridized carbons (Fsp3) is 0.647. The quantitative estimate of drug-likeness (QED) is 0.585. The fourth-order valence-corrected chi connectivity index (χ4v) is 3.60. The van der Waals surface area contributed by atoms with Gasteiger partial charge in [0, 0.05) is 0 Å². The summed E-state index contributed by atoms with van der Waals surface area (Å²) in [6, 6.07) is 9.16. The van der Waals surface area contributed by atoms with E-state index in [1.54, 1.807) is 11.1 Å². The third-order valence-electron chi connectivity index (χ3n) is 4.45. The number of hydrogen-bond acceptors (Lipinski definition) is 0. The summed E-state index contributed by atoms with van der Waals surface area (Å²) in [5.74, 6) is 0. The molecular formula is C17H26. The second-order valence-electron chi connectivity index (χ2n) is 5.64. The highest BCUT2D eigenvalue weighted by atomic mass is 14.4. The summed E-state index contributed by atoms with van der Waals surface area (Å²) in [5, 5.41) is 0. The van der Waals surface area contributed by atoms with E-state index < -0.39 is 0 Å². The second kappa shape index (κ2) is 5.71. The van der Waals surface area contributed by atoms with Crippen molar-refractivity contribution in [3.8, 4) is 0 Å². The van der Waals surface area contributed by atoms with Gasteiger partial charge in [0.25, 0.3) is 0 Å². The molecule has 0 bridgehead atoms. The number of aryl methyl sites for hydroxylation is 1. The Labute approximate surface area is 106 Å². The van der Waals surface area contributed by atoms with Gasteiger partial charge in [-0.05, 0) is 42.2 Å². The minimum Gasteiger partial charge on any atom is -0.0654 e. The molecule has 0 aliphatic heterocycles. The zero-order valence-electron chi connectivity index (χ0n) is 11.5. The maximum Gasteiger partial charge on any atom is -0.00412 e. The lowest BCUT2D eigenvalue weighted by Crippen LogP contribution is -2.22. The first kappa shape index (κ1) is 12.7. The average Bonchev–Trinajstić information content (AvgIpc) is 2.71. The van der Waals surface area contributed by atoms with Crippen molar-refractivity contribution >= 4 is 0 Å². The molecule has 0 heteroatoms. The Balaban J connectivity index is 2.18. The first-order valence-corrected chi connectivity index (χ1v) is 7.41. The summed E-state index contributed by atoms with van der Waals surface area (Å²) in [6.45, 7) is 4.64. The topological polar surface area (TPSA) is 0 Å². The zero-order chi connectivity index (χ0) is 12.1. The number of rotatable bonds is 6. The van der Waals surface area contributed by atoms with E-state index in [1.807, 2.05) is 0 Å². The zero-order valence-corrected chi connectivity index (χ0v) is 11.5. The van der Waals surface area contributed by atoms with Crippen LogP contribution in [0.25, 0.3) is 0 Å². The molecule has 2 rings (SSSR count). The summed E-state index contributed by atoms with van der Waals surface area (Å²) in [6.07, 6.45) is 11.0. The van der Waals surface area contributed by atoms with E-state index in [0.717, 1.165) is 0 Å². The van der Waals surface area contributed by atoms with Gasteiger partial charge in [-0.3, -0.25) is 0 Å². The fourth-order valence-electron chi connectivity index (χ4n) is 3.60. The summed E-state index contributed by atoms with van der Waals surface area (Å²) in [4.78, 5) is 0. The molecule has 0 heterocycles. The molecule has 0 fully saturated rings. The SMILES string of the molecule is CCCCCC1(CCC)CCc2ccccc21. The van der Waals surface area contributed by atoms with Crippen LogP contribution in [0.2, 0.25) is 0 Å². The Bertz CT molecular complexity index is 349. The maximum absolute atomic E-state index is 2.39. The van der Waals surface area contributed by atoms with Crippen LogP contribution >= 0.6 is 0 Å². The van der Waals surface area contributed by atoms with Gasteiger partial charge in [-0.25, -0.2) is 0 Å². The van der Waals surface area contributed by atoms with Crippen molar-refractivity contribution in [1.82, 2.24) is 0 Å². The maximum atomic E-state index is 2.39. The summed E-state index contributed by atoms with van der Waals surface area (Å²) in [7, 11) is 0. The van der Waals surface area contributed by atoms with Gasteiger partial charge in [-0.2, -0.15) is 0 Å². The first-order chi connectivity index (χ1) is 8.32. The molecule has 0 saturated heterocycles. The summed E-state index contributed by atoms with van der Waals surface area (Å²) < 4.78 is 0. The third-order valence-corrected chi connectivity index (χ3v) is 4.45. The van der Waals surface area contributed by atoms with Gasteiger partial charge in [0.15, 0.2) is 0 Å². The van der Waals surface area contributed by atoms with Crippen LogP contribution in [-0.2, 0) is 11.8 Å². The van der Waals surface area contributed by atoms with Crippen LogP contribution in [0.4, 0.5) is 0 Å². The van der Waals surface area contributed by atoms with Crippen molar-refractivity contribution in [1.29, 1.82) is 0 Å². The van der Waals surface area contributed by atoms with Crippen molar-refractivity contribution in [2.24, 2.45) is 0 Å². The molecule has 0 amide bonds. The van der Waals surface area contributed by atoms with Crippen LogP contribution in [0.15, 0.2) is 24.3 Å². The summed E-state index contributed by atoms with van der Waals surface area (Å²) >= 11 is 0. The Kier molecular flexibility index (Phi) is 4.25. The first-order valence-electron chi connectivity index (χ1n) is 7.41. The monoisotopic (exact) mass is 230 g/mol. The van der Waals surface area contributed by atoms with Gasteiger partial charge < -0.3 is 0 Å². The van der Waals surface area contributed by atoms with Gasteiger partial charge >= 0.3 is 0 Å². The van der Waals surface area contributed by atoms with Crippen molar-refractivity contribution in [3.63, 3.8) is 0 Å². The molecule has 0 nitrogen and oxygen atoms in total. The van der Waals surface area contributed by atoms with E-state index >= 15 is 0 Å². The predicted octanol–water partition coefficient (Wildman–Crippen LogP) is 5.25. The molecular weight excluding hydrogens is 204 g/mol. The molecule has 1 aliphatic carbocycles. The lowest BCUT2D eigenvalue weighted by Gasteiger charge is -2.30. The minimum absolute atomic E-state index is 0.528. The number of hydrogen-bond donors (Lipinski definition) is 0. The number of fused-ring (bicyclic) bond motifs is 1. The number of benzene rings is 1. The lowest BCUT2D eigenvalue weighted by atomic mass is 9.74. The summed E-state index contributed by atoms with van der Waals surface area (Å²) in [5.41, 5.74) is 3.83. The van der Waals surface area contributed by atoms with Gasteiger partial charge in [-0.15, -0.1) is 0 Å². The molecule has 1 aromatic carbocycles. The van der Waals surface area contributed by atoms with Crippen molar-refractivity contribution in [2.75, 3.05) is 0 Å². The molecule has 1 aliphatic rings. The van der Waals surface area contributed by atoms with E-state index in [9.17, 15) is 0 Å². The highest BCUT2D eigenvalue weighted by molar-refractivity contribution is 5.39. The van der Waals surface area contributed by atoms with E-state index in [1.165, 1.54) is 51.4 Å². The molecule has 1 aromatic rings. The average molecular weight is 230 g/mol. The van der Waals surface area contributed by atoms with Crippen LogP contribution in [0.1, 0.15) is 69.9 Å². The molecule has 1 unspecified atom stereocenters. The minimum atomic E-state index is 0.528. The third kappa shape index (κ3) is 2.56. The van der Waals surface area contributed by atoms with Crippen molar-refractivity contribution < 1.29 is 0 Å². The van der Waals surface area contributed by atoms with E-state index in [-0.39, 0.29) is 0 Å². The smallest absolute Gasteiger partial charge is 0.00412 e. The van der Waals surface area contributed by atoms with Crippen molar-refractivity contribution in [2.45, 2.75) is 70.6 Å². The molecule has 94 valence electrons. The normalized spacial score (nSPS) is 22.7. The molecule has 0 saturated carbocycles. The Morgan fingerprint density at radius 2 is 1.82 bits per heavy atom. The molecule has 1 atom stereocenters. The van der Waals surface area contributed by atoms with E-state index in [0.29, 0.717) is 5.41 Å². The van der Waals surface area contributed by atoms with Crippen LogP contribution < -0.4 is 0 Å². The molecule has 0 N–H and O–H groups in total. The predicted molar refractivity (Wildman–Crippen MR) is 75.5 cm³/mol. The van der Waals surface area contributed by atoms with Gasteiger partial charge in [-0.1, -0.05) is 63.8 Å². The van der Waals surface area contributed by atoms with Gasteiger partial charge in [0.05, 0.1) is 0 Å². The highest BCUT2D eigenvalue weighted by Crippen LogP contribution is 2.45. The Hall–Kier alpha value is -0.780. The molecule has 17 heavy (non-hydrogen) atoms. The van der Waals surface area contributed by atoms with Crippen LogP contribution in [-0.4, -0.2) is 0 Å². The Morgan fingerprint density at radius 3 is 2.59 bits per heavy atom. The highest BCUT2D eigenvalue weighted by Gasteiger charge is 2.36. The van der Waals surface area contributed by atoms with E-state index in [4.69, 9.17) is 0 Å². The Morgan fingerprint density at radius 1 is 1.00 bits per heavy atom. The van der Waals surface area contributed by atoms with Gasteiger partial charge in [0.2, 0.25) is 0 Å². The van der Waals surface area contributed by atoms with Gasteiger partial charge in [0.1, 0.15) is 0 Å². The largest absolute Gasteiger partial charge is 0.0654 e. The number of unbranched alkanes of at least 4 members (excludes halogenated alkanes) is 2. The van der Waals surface area contributed by atoms with Crippen LogP contribution in [0.3, 0.4) is 0 Å². The second-order valence-corrected chi connectivity index (χ2v) is 5.64. The molecule has 0 spiro atoms. The molecule has 0 radical (unpaired) electrons. The lowest BCUT2D eigenvalue weighted by molar-refractivity contribution is 0.344. The van der Waals surface area contributed by atoms with Crippen LogP contribution in [0.5, 0.6) is 0 Å². The molecule has 0 aromatic heterocycles. The van der Waals surface area contributed by atoms with Crippen LogP contribution in [0, 0.1) is 0 Å².